The van der Waals surface area contributed by atoms with Crippen LogP contribution in [0.15, 0.2) is 35.2 Å². The maximum Gasteiger partial charge on any atom is 0.285 e. The molecule has 3 rings (SSSR count). The SMILES string of the molecule is Cc1ccc(C)n1N1C(=O)/C(=C/c2ccc(O)c(O)c2)SC1=S. The Morgan fingerprint density at radius 3 is 2.35 bits per heavy atom. The van der Waals surface area contributed by atoms with Gasteiger partial charge in [0.2, 0.25) is 0 Å². The first-order chi connectivity index (χ1) is 10.9. The fraction of sp³-hybridized carbons (Fsp3) is 0.125. The molecule has 1 amide bonds. The van der Waals surface area contributed by atoms with E-state index in [1.165, 1.54) is 28.9 Å². The fourth-order valence-corrected chi connectivity index (χ4v) is 3.63. The van der Waals surface area contributed by atoms with Gasteiger partial charge in [-0.25, -0.2) is 0 Å². The van der Waals surface area contributed by atoms with Crippen molar-refractivity contribution in [2.45, 2.75) is 13.8 Å². The molecule has 2 N–H and O–H groups in total. The lowest BCUT2D eigenvalue weighted by Crippen LogP contribution is -2.39. The molecule has 0 aliphatic carbocycles. The van der Waals surface area contributed by atoms with E-state index in [2.05, 4.69) is 0 Å². The molecule has 1 saturated heterocycles. The number of phenolic OH excluding ortho intramolecular Hbond substituents is 2. The zero-order valence-electron chi connectivity index (χ0n) is 12.5. The summed E-state index contributed by atoms with van der Waals surface area (Å²) in [6, 6.07) is 8.25. The van der Waals surface area contributed by atoms with E-state index < -0.39 is 0 Å². The second-order valence-electron chi connectivity index (χ2n) is 5.17. The summed E-state index contributed by atoms with van der Waals surface area (Å²) in [6.07, 6.45) is 1.65. The number of aromatic nitrogens is 1. The van der Waals surface area contributed by atoms with Crippen molar-refractivity contribution in [2.75, 3.05) is 5.01 Å². The van der Waals surface area contributed by atoms with Crippen molar-refractivity contribution in [1.82, 2.24) is 4.68 Å². The number of carbonyl (C=O) groups is 1. The van der Waals surface area contributed by atoms with Crippen LogP contribution in [0.5, 0.6) is 11.5 Å². The average Bonchev–Trinajstić information content (AvgIpc) is 2.95. The lowest BCUT2D eigenvalue weighted by atomic mass is 10.2. The van der Waals surface area contributed by atoms with Crippen LogP contribution in [0.2, 0.25) is 0 Å². The molecule has 23 heavy (non-hydrogen) atoms. The third kappa shape index (κ3) is 2.73. The largest absolute Gasteiger partial charge is 0.504 e. The number of nitrogens with zero attached hydrogens (tertiary/aromatic N) is 2. The van der Waals surface area contributed by atoms with Crippen LogP contribution >= 0.6 is 24.0 Å². The molecular weight excluding hydrogens is 332 g/mol. The number of rotatable bonds is 2. The number of amides is 1. The number of carbonyl (C=O) groups excluding carboxylic acids is 1. The van der Waals surface area contributed by atoms with Crippen molar-refractivity contribution < 1.29 is 15.0 Å². The molecule has 7 heteroatoms. The van der Waals surface area contributed by atoms with Gasteiger partial charge in [0.1, 0.15) is 0 Å². The second-order valence-corrected chi connectivity index (χ2v) is 6.85. The summed E-state index contributed by atoms with van der Waals surface area (Å²) in [6.45, 7) is 3.82. The van der Waals surface area contributed by atoms with Crippen molar-refractivity contribution >= 4 is 40.3 Å². The van der Waals surface area contributed by atoms with Gasteiger partial charge in [-0.15, -0.1) is 0 Å². The molecule has 118 valence electrons. The van der Waals surface area contributed by atoms with Gasteiger partial charge in [-0.1, -0.05) is 17.8 Å². The summed E-state index contributed by atoms with van der Waals surface area (Å²) >= 11 is 6.55. The van der Waals surface area contributed by atoms with Crippen molar-refractivity contribution in [3.8, 4) is 11.5 Å². The molecule has 0 bridgehead atoms. The third-order valence-corrected chi connectivity index (χ3v) is 4.79. The minimum atomic E-state index is -0.230. The molecule has 0 spiro atoms. The number of thioether (sulfide) groups is 1. The summed E-state index contributed by atoms with van der Waals surface area (Å²) in [7, 11) is 0. The number of hydrogen-bond donors (Lipinski definition) is 2. The van der Waals surface area contributed by atoms with Gasteiger partial charge >= 0.3 is 0 Å². The summed E-state index contributed by atoms with van der Waals surface area (Å²) in [4.78, 5) is 13.2. The van der Waals surface area contributed by atoms with Gasteiger partial charge in [0, 0.05) is 11.4 Å². The number of phenols is 2. The maximum absolute atomic E-state index is 12.7. The Morgan fingerprint density at radius 1 is 1.09 bits per heavy atom. The second kappa shape index (κ2) is 5.75. The summed E-state index contributed by atoms with van der Waals surface area (Å²) in [5.41, 5.74) is 2.45. The van der Waals surface area contributed by atoms with Gasteiger partial charge in [0.25, 0.3) is 5.91 Å². The Morgan fingerprint density at radius 2 is 1.74 bits per heavy atom. The zero-order chi connectivity index (χ0) is 16.7. The quantitative estimate of drug-likeness (QED) is 0.497. The molecule has 0 radical (unpaired) electrons. The van der Waals surface area contributed by atoms with E-state index in [-0.39, 0.29) is 17.4 Å². The Labute approximate surface area is 142 Å². The van der Waals surface area contributed by atoms with E-state index in [0.29, 0.717) is 14.8 Å². The molecule has 1 aliphatic rings. The van der Waals surface area contributed by atoms with Gasteiger partial charge in [0.05, 0.1) is 4.91 Å². The Bertz CT molecular complexity index is 836. The highest BCUT2D eigenvalue weighted by Crippen LogP contribution is 2.34. The van der Waals surface area contributed by atoms with E-state index in [4.69, 9.17) is 12.2 Å². The van der Waals surface area contributed by atoms with Crippen LogP contribution in [0.3, 0.4) is 0 Å². The summed E-state index contributed by atoms with van der Waals surface area (Å²) in [5.74, 6) is -0.644. The molecule has 5 nitrogen and oxygen atoms in total. The molecular formula is C16H14N2O3S2. The first-order valence-corrected chi connectivity index (χ1v) is 8.06. The van der Waals surface area contributed by atoms with Crippen molar-refractivity contribution in [1.29, 1.82) is 0 Å². The topological polar surface area (TPSA) is 65.7 Å². The molecule has 1 fully saturated rings. The highest BCUT2D eigenvalue weighted by atomic mass is 32.2. The van der Waals surface area contributed by atoms with E-state index >= 15 is 0 Å². The number of aryl methyl sites for hydroxylation is 2. The minimum absolute atomic E-state index is 0.201. The molecule has 0 atom stereocenters. The zero-order valence-corrected chi connectivity index (χ0v) is 14.1. The molecule has 1 aromatic heterocycles. The number of aromatic hydroxyl groups is 2. The number of hydrogen-bond acceptors (Lipinski definition) is 5. The van der Waals surface area contributed by atoms with Crippen molar-refractivity contribution in [3.05, 3.63) is 52.2 Å². The lowest BCUT2D eigenvalue weighted by Gasteiger charge is -2.20. The molecule has 0 saturated carbocycles. The van der Waals surface area contributed by atoms with Gasteiger partial charge in [-0.2, -0.15) is 5.01 Å². The Hall–Kier alpha value is -2.25. The standard InChI is InChI=1S/C16H14N2O3S2/c1-9-3-4-10(2)17(9)18-15(21)14(23-16(18)22)8-11-5-6-12(19)13(20)7-11/h3-8,19-20H,1-2H3/b14-8-. The highest BCUT2D eigenvalue weighted by Gasteiger charge is 2.34. The predicted molar refractivity (Wildman–Crippen MR) is 95.1 cm³/mol. The first-order valence-electron chi connectivity index (χ1n) is 6.83. The van der Waals surface area contributed by atoms with Crippen molar-refractivity contribution in [3.63, 3.8) is 0 Å². The molecule has 1 aliphatic heterocycles. The molecule has 1 aromatic carbocycles. The Kier molecular flexibility index (Phi) is 3.91. The maximum atomic E-state index is 12.7. The van der Waals surface area contributed by atoms with E-state index in [1.807, 2.05) is 26.0 Å². The fourth-order valence-electron chi connectivity index (χ4n) is 2.39. The molecule has 2 aromatic rings. The van der Waals surface area contributed by atoms with Gasteiger partial charge in [-0.05, 0) is 62.0 Å². The van der Waals surface area contributed by atoms with E-state index in [1.54, 1.807) is 16.8 Å². The highest BCUT2D eigenvalue weighted by molar-refractivity contribution is 8.27. The molecule has 0 unspecified atom stereocenters. The average molecular weight is 346 g/mol. The van der Waals surface area contributed by atoms with Crippen LogP contribution in [-0.4, -0.2) is 25.1 Å². The monoisotopic (exact) mass is 346 g/mol. The normalized spacial score (nSPS) is 16.6. The van der Waals surface area contributed by atoms with Crippen LogP contribution in [0.4, 0.5) is 0 Å². The van der Waals surface area contributed by atoms with Gasteiger partial charge < -0.3 is 10.2 Å². The van der Waals surface area contributed by atoms with Crippen molar-refractivity contribution in [2.24, 2.45) is 0 Å². The van der Waals surface area contributed by atoms with Crippen LogP contribution in [-0.2, 0) is 4.79 Å². The third-order valence-electron chi connectivity index (χ3n) is 3.50. The predicted octanol–water partition coefficient (Wildman–Crippen LogP) is 3.05. The molecule has 2 heterocycles. The number of benzene rings is 1. The van der Waals surface area contributed by atoms with Crippen LogP contribution in [0, 0.1) is 13.8 Å². The Balaban J connectivity index is 1.98. The lowest BCUT2D eigenvalue weighted by molar-refractivity contribution is -0.114. The smallest absolute Gasteiger partial charge is 0.285 e. The van der Waals surface area contributed by atoms with Gasteiger partial charge in [-0.3, -0.25) is 9.47 Å². The van der Waals surface area contributed by atoms with Crippen LogP contribution < -0.4 is 5.01 Å². The van der Waals surface area contributed by atoms with E-state index in [0.717, 1.165) is 11.4 Å². The number of thiocarbonyl (C=S) groups is 1. The summed E-state index contributed by atoms with van der Waals surface area (Å²) < 4.78 is 2.24. The first kappa shape index (κ1) is 15.6. The van der Waals surface area contributed by atoms with Crippen LogP contribution in [0.25, 0.3) is 6.08 Å². The van der Waals surface area contributed by atoms with E-state index in [9.17, 15) is 15.0 Å². The van der Waals surface area contributed by atoms with Crippen LogP contribution in [0.1, 0.15) is 17.0 Å². The summed E-state index contributed by atoms with van der Waals surface area (Å²) in [5, 5.41) is 20.4. The van der Waals surface area contributed by atoms with Gasteiger partial charge in [0.15, 0.2) is 15.8 Å². The minimum Gasteiger partial charge on any atom is -0.504 e.